The molecule has 1 aliphatic heterocycles. The number of piperazine rings is 1. The van der Waals surface area contributed by atoms with Crippen LogP contribution in [0.1, 0.15) is 16.1 Å². The maximum atomic E-state index is 12.4. The first-order chi connectivity index (χ1) is 10.7. The maximum absolute atomic E-state index is 12.4. The lowest BCUT2D eigenvalue weighted by Crippen LogP contribution is -2.49. The highest BCUT2D eigenvalue weighted by atomic mass is 16.2. The van der Waals surface area contributed by atoms with Crippen LogP contribution in [0, 0.1) is 11.3 Å². The van der Waals surface area contributed by atoms with Crippen molar-refractivity contribution in [2.24, 2.45) is 7.05 Å². The van der Waals surface area contributed by atoms with E-state index >= 15 is 0 Å². The topological polar surface area (TPSA) is 90.9 Å². The van der Waals surface area contributed by atoms with Crippen molar-refractivity contribution in [3.63, 3.8) is 0 Å². The fourth-order valence-corrected chi connectivity index (χ4v) is 2.48. The van der Waals surface area contributed by atoms with E-state index in [1.807, 2.05) is 11.0 Å². The molecule has 112 valence electrons. The summed E-state index contributed by atoms with van der Waals surface area (Å²) in [4.78, 5) is 24.4. The number of carbonyl (C=O) groups is 1. The van der Waals surface area contributed by atoms with Gasteiger partial charge in [0.15, 0.2) is 11.5 Å². The number of rotatable bonds is 2. The summed E-state index contributed by atoms with van der Waals surface area (Å²) in [5.41, 5.74) is 0.905. The molecule has 0 unspecified atom stereocenters. The van der Waals surface area contributed by atoms with Gasteiger partial charge in [-0.1, -0.05) is 0 Å². The standard InChI is InChI=1S/C14H15N7O/c1-19-10-11(9-18-19)14(22)21-6-4-20(5-7-21)13-12(8-15)16-2-3-17-13/h2-3,9-10H,4-7H2,1H3. The molecule has 0 saturated carbocycles. The summed E-state index contributed by atoms with van der Waals surface area (Å²) in [6, 6.07) is 2.05. The minimum Gasteiger partial charge on any atom is -0.351 e. The second kappa shape index (κ2) is 5.81. The molecule has 0 spiro atoms. The van der Waals surface area contributed by atoms with Crippen molar-refractivity contribution in [2.75, 3.05) is 31.1 Å². The zero-order valence-corrected chi connectivity index (χ0v) is 12.2. The molecule has 1 amide bonds. The molecule has 22 heavy (non-hydrogen) atoms. The molecule has 2 aromatic heterocycles. The van der Waals surface area contributed by atoms with Crippen LogP contribution in [-0.4, -0.2) is 56.7 Å². The quantitative estimate of drug-likeness (QED) is 0.777. The van der Waals surface area contributed by atoms with Crippen LogP contribution in [0.2, 0.25) is 0 Å². The normalized spacial score (nSPS) is 14.7. The first-order valence-corrected chi connectivity index (χ1v) is 6.93. The van der Waals surface area contributed by atoms with E-state index in [2.05, 4.69) is 15.1 Å². The number of carbonyl (C=O) groups excluding carboxylic acids is 1. The summed E-state index contributed by atoms with van der Waals surface area (Å²) in [5, 5.41) is 13.1. The molecule has 1 aliphatic rings. The number of amides is 1. The molecule has 0 atom stereocenters. The van der Waals surface area contributed by atoms with Gasteiger partial charge >= 0.3 is 0 Å². The Morgan fingerprint density at radius 2 is 1.95 bits per heavy atom. The SMILES string of the molecule is Cn1cc(C(=O)N2CCN(c3nccnc3C#N)CC2)cn1. The second-order valence-corrected chi connectivity index (χ2v) is 5.02. The van der Waals surface area contributed by atoms with Gasteiger partial charge in [0.05, 0.1) is 11.8 Å². The van der Waals surface area contributed by atoms with Crippen molar-refractivity contribution in [3.8, 4) is 6.07 Å². The van der Waals surface area contributed by atoms with Gasteiger partial charge in [-0.25, -0.2) is 9.97 Å². The van der Waals surface area contributed by atoms with E-state index in [0.717, 1.165) is 0 Å². The minimum atomic E-state index is -0.0209. The fraction of sp³-hybridized carbons (Fsp3) is 0.357. The van der Waals surface area contributed by atoms with E-state index in [1.165, 1.54) is 6.20 Å². The number of anilines is 1. The largest absolute Gasteiger partial charge is 0.351 e. The summed E-state index contributed by atoms with van der Waals surface area (Å²) in [6.45, 7) is 2.41. The summed E-state index contributed by atoms with van der Waals surface area (Å²) in [6.07, 6.45) is 6.36. The van der Waals surface area contributed by atoms with Crippen LogP contribution in [-0.2, 0) is 7.05 Å². The predicted molar refractivity (Wildman–Crippen MR) is 78.1 cm³/mol. The van der Waals surface area contributed by atoms with Crippen LogP contribution < -0.4 is 4.90 Å². The zero-order valence-electron chi connectivity index (χ0n) is 12.2. The zero-order chi connectivity index (χ0) is 15.5. The molecule has 0 aliphatic carbocycles. The van der Waals surface area contributed by atoms with Crippen LogP contribution in [0.4, 0.5) is 5.82 Å². The average Bonchev–Trinajstić information content (AvgIpc) is 3.01. The Morgan fingerprint density at radius 3 is 2.59 bits per heavy atom. The molecule has 1 saturated heterocycles. The lowest BCUT2D eigenvalue weighted by atomic mass is 10.2. The van der Waals surface area contributed by atoms with E-state index in [9.17, 15) is 4.79 Å². The Hall–Kier alpha value is -2.95. The van der Waals surface area contributed by atoms with E-state index in [-0.39, 0.29) is 5.91 Å². The Labute approximate surface area is 127 Å². The van der Waals surface area contributed by atoms with Gasteiger partial charge in [0.1, 0.15) is 6.07 Å². The number of hydrogen-bond donors (Lipinski definition) is 0. The highest BCUT2D eigenvalue weighted by Gasteiger charge is 2.25. The average molecular weight is 297 g/mol. The van der Waals surface area contributed by atoms with Gasteiger partial charge in [-0.3, -0.25) is 9.48 Å². The van der Waals surface area contributed by atoms with E-state index < -0.39 is 0 Å². The summed E-state index contributed by atoms with van der Waals surface area (Å²) < 4.78 is 1.61. The van der Waals surface area contributed by atoms with Gasteiger partial charge in [0, 0.05) is 51.8 Å². The summed E-state index contributed by atoms with van der Waals surface area (Å²) >= 11 is 0. The molecule has 3 heterocycles. The van der Waals surface area contributed by atoms with Crippen molar-refractivity contribution in [3.05, 3.63) is 36.0 Å². The number of nitrogens with zero attached hydrogens (tertiary/aromatic N) is 7. The van der Waals surface area contributed by atoms with Crippen molar-refractivity contribution in [2.45, 2.75) is 0 Å². The summed E-state index contributed by atoms with van der Waals surface area (Å²) in [7, 11) is 1.78. The third-order valence-corrected chi connectivity index (χ3v) is 3.60. The smallest absolute Gasteiger partial charge is 0.257 e. The van der Waals surface area contributed by atoms with Gasteiger partial charge < -0.3 is 9.80 Å². The molecular formula is C14H15N7O. The maximum Gasteiger partial charge on any atom is 0.257 e. The first-order valence-electron chi connectivity index (χ1n) is 6.93. The lowest BCUT2D eigenvalue weighted by molar-refractivity contribution is 0.0746. The molecule has 3 rings (SSSR count). The van der Waals surface area contributed by atoms with Crippen molar-refractivity contribution in [1.82, 2.24) is 24.6 Å². The molecule has 8 nitrogen and oxygen atoms in total. The van der Waals surface area contributed by atoms with E-state index in [1.54, 1.807) is 35.2 Å². The number of hydrogen-bond acceptors (Lipinski definition) is 6. The first kappa shape index (κ1) is 14.0. The predicted octanol–water partition coefficient (Wildman–Crippen LogP) is 0.0442. The van der Waals surface area contributed by atoms with Crippen molar-refractivity contribution < 1.29 is 4.79 Å². The van der Waals surface area contributed by atoms with Crippen molar-refractivity contribution >= 4 is 11.7 Å². The van der Waals surface area contributed by atoms with Crippen LogP contribution in [0.25, 0.3) is 0 Å². The van der Waals surface area contributed by atoms with Crippen molar-refractivity contribution in [1.29, 1.82) is 5.26 Å². The summed E-state index contributed by atoms with van der Waals surface area (Å²) in [5.74, 6) is 0.561. The number of aryl methyl sites for hydroxylation is 1. The van der Waals surface area contributed by atoms with Gasteiger partial charge in [0.25, 0.3) is 5.91 Å². The van der Waals surface area contributed by atoms with Gasteiger partial charge in [-0.2, -0.15) is 10.4 Å². The Kier molecular flexibility index (Phi) is 3.70. The number of aromatic nitrogens is 4. The van der Waals surface area contributed by atoms with Gasteiger partial charge in [-0.05, 0) is 0 Å². The van der Waals surface area contributed by atoms with Gasteiger partial charge in [0.2, 0.25) is 0 Å². The van der Waals surface area contributed by atoms with Crippen LogP contribution in [0.15, 0.2) is 24.8 Å². The van der Waals surface area contributed by atoms with E-state index in [4.69, 9.17) is 5.26 Å². The Balaban J connectivity index is 1.68. The monoisotopic (exact) mass is 297 g/mol. The minimum absolute atomic E-state index is 0.0209. The number of nitriles is 1. The molecule has 1 fully saturated rings. The van der Waals surface area contributed by atoms with E-state index in [0.29, 0.717) is 43.3 Å². The van der Waals surface area contributed by atoms with Crippen LogP contribution in [0.3, 0.4) is 0 Å². The Morgan fingerprint density at radius 1 is 1.23 bits per heavy atom. The van der Waals surface area contributed by atoms with Crippen LogP contribution in [0.5, 0.6) is 0 Å². The molecule has 0 N–H and O–H groups in total. The molecular weight excluding hydrogens is 282 g/mol. The Bertz CT molecular complexity index is 725. The highest BCUT2D eigenvalue weighted by Crippen LogP contribution is 2.17. The lowest BCUT2D eigenvalue weighted by Gasteiger charge is -2.35. The molecule has 0 bridgehead atoms. The molecule has 0 aromatic carbocycles. The third-order valence-electron chi connectivity index (χ3n) is 3.60. The third kappa shape index (κ3) is 2.61. The second-order valence-electron chi connectivity index (χ2n) is 5.02. The molecule has 8 heteroatoms. The molecule has 0 radical (unpaired) electrons. The fourth-order valence-electron chi connectivity index (χ4n) is 2.48. The molecule has 2 aromatic rings. The van der Waals surface area contributed by atoms with Gasteiger partial charge in [-0.15, -0.1) is 0 Å². The van der Waals surface area contributed by atoms with Crippen LogP contribution >= 0.6 is 0 Å². The highest BCUT2D eigenvalue weighted by molar-refractivity contribution is 5.93.